The molecule has 1 atom stereocenters. The first-order valence-electron chi connectivity index (χ1n) is 5.73. The van der Waals surface area contributed by atoms with Gasteiger partial charge in [-0.3, -0.25) is 0 Å². The van der Waals surface area contributed by atoms with E-state index in [2.05, 4.69) is 10.3 Å². The Morgan fingerprint density at radius 3 is 3.28 bits per heavy atom. The lowest BCUT2D eigenvalue weighted by molar-refractivity contribution is -0.391. The molecule has 0 saturated carbocycles. The summed E-state index contributed by atoms with van der Waals surface area (Å²) in [7, 11) is 0. The van der Waals surface area contributed by atoms with Crippen molar-refractivity contribution in [3.8, 4) is 5.88 Å². The molecule has 0 amide bonds. The number of rotatable bonds is 3. The molecule has 0 aromatic carbocycles. The Balaban J connectivity index is 1.92. The van der Waals surface area contributed by atoms with Gasteiger partial charge >= 0.3 is 11.7 Å². The standard InChI is InChI=1S/C10H12N4O3S/c15-14(16)9-8(12-10-13(9)4-5-18-10)17-7-2-1-3-11-6-7/h4-5,7,11H,1-3,6H2/t7-/m0/s1. The van der Waals surface area contributed by atoms with Crippen LogP contribution < -0.4 is 10.1 Å². The van der Waals surface area contributed by atoms with Gasteiger partial charge in [-0.1, -0.05) is 11.3 Å². The van der Waals surface area contributed by atoms with Crippen LogP contribution in [0.5, 0.6) is 5.88 Å². The highest BCUT2D eigenvalue weighted by atomic mass is 32.1. The van der Waals surface area contributed by atoms with Crippen molar-refractivity contribution in [2.75, 3.05) is 13.1 Å². The fraction of sp³-hybridized carbons (Fsp3) is 0.500. The van der Waals surface area contributed by atoms with Gasteiger partial charge in [0, 0.05) is 11.9 Å². The normalized spacial score (nSPS) is 20.1. The van der Waals surface area contributed by atoms with Crippen molar-refractivity contribution < 1.29 is 9.66 Å². The monoisotopic (exact) mass is 268 g/mol. The van der Waals surface area contributed by atoms with E-state index in [1.54, 1.807) is 11.6 Å². The van der Waals surface area contributed by atoms with E-state index in [1.807, 2.05) is 0 Å². The quantitative estimate of drug-likeness (QED) is 0.672. The summed E-state index contributed by atoms with van der Waals surface area (Å²) in [6.45, 7) is 1.68. The molecule has 1 aliphatic heterocycles. The Hall–Kier alpha value is -1.67. The van der Waals surface area contributed by atoms with Crippen molar-refractivity contribution in [3.63, 3.8) is 0 Å². The van der Waals surface area contributed by atoms with Crippen molar-refractivity contribution in [1.82, 2.24) is 14.7 Å². The number of fused-ring (bicyclic) bond motifs is 1. The van der Waals surface area contributed by atoms with Gasteiger partial charge in [0.25, 0.3) is 4.96 Å². The molecule has 96 valence electrons. The SMILES string of the molecule is O=[N+]([O-])c1c(O[C@H]2CCCNC2)nc2sccn12. The zero-order chi connectivity index (χ0) is 12.5. The van der Waals surface area contributed by atoms with E-state index >= 15 is 0 Å². The Labute approximate surface area is 107 Å². The molecule has 1 saturated heterocycles. The van der Waals surface area contributed by atoms with Crippen LogP contribution in [0.1, 0.15) is 12.8 Å². The smallest absolute Gasteiger partial charge is 0.393 e. The van der Waals surface area contributed by atoms with Gasteiger partial charge in [-0.15, -0.1) is 0 Å². The van der Waals surface area contributed by atoms with Crippen LogP contribution in [-0.4, -0.2) is 33.5 Å². The van der Waals surface area contributed by atoms with Crippen molar-refractivity contribution in [1.29, 1.82) is 0 Å². The van der Waals surface area contributed by atoms with E-state index in [0.29, 0.717) is 11.5 Å². The predicted molar refractivity (Wildman–Crippen MR) is 66.2 cm³/mol. The molecule has 0 radical (unpaired) electrons. The van der Waals surface area contributed by atoms with Crippen LogP contribution in [0.4, 0.5) is 5.82 Å². The largest absolute Gasteiger partial charge is 0.467 e. The molecule has 0 unspecified atom stereocenters. The Kier molecular flexibility index (Phi) is 2.88. The van der Waals surface area contributed by atoms with Gasteiger partial charge in [-0.2, -0.15) is 9.38 Å². The van der Waals surface area contributed by atoms with Crippen molar-refractivity contribution in [2.24, 2.45) is 0 Å². The van der Waals surface area contributed by atoms with Crippen LogP contribution in [0, 0.1) is 10.1 Å². The lowest BCUT2D eigenvalue weighted by Crippen LogP contribution is -2.37. The van der Waals surface area contributed by atoms with Gasteiger partial charge in [0.05, 0.1) is 0 Å². The van der Waals surface area contributed by atoms with Gasteiger partial charge in [-0.25, -0.2) is 0 Å². The van der Waals surface area contributed by atoms with E-state index in [-0.39, 0.29) is 17.8 Å². The van der Waals surface area contributed by atoms with E-state index < -0.39 is 4.92 Å². The highest BCUT2D eigenvalue weighted by molar-refractivity contribution is 7.15. The molecule has 0 bridgehead atoms. The molecule has 2 aromatic rings. The number of hydrogen-bond acceptors (Lipinski definition) is 6. The molecule has 1 aliphatic rings. The third kappa shape index (κ3) is 1.93. The zero-order valence-corrected chi connectivity index (χ0v) is 10.4. The zero-order valence-electron chi connectivity index (χ0n) is 9.54. The number of nitrogens with one attached hydrogen (secondary N) is 1. The molecule has 7 nitrogen and oxygen atoms in total. The summed E-state index contributed by atoms with van der Waals surface area (Å²) in [6, 6.07) is 0. The summed E-state index contributed by atoms with van der Waals surface area (Å²) in [6.07, 6.45) is 3.51. The summed E-state index contributed by atoms with van der Waals surface area (Å²) in [5, 5.41) is 16.1. The van der Waals surface area contributed by atoms with Crippen LogP contribution >= 0.6 is 11.3 Å². The molecule has 1 fully saturated rings. The summed E-state index contributed by atoms with van der Waals surface area (Å²) < 4.78 is 7.12. The minimum atomic E-state index is -0.446. The number of piperidine rings is 1. The highest BCUT2D eigenvalue weighted by Gasteiger charge is 2.27. The first kappa shape index (κ1) is 11.4. The molecule has 2 aromatic heterocycles. The van der Waals surface area contributed by atoms with Gasteiger partial charge in [0.2, 0.25) is 0 Å². The molecular formula is C10H12N4O3S. The van der Waals surface area contributed by atoms with E-state index in [1.165, 1.54) is 15.7 Å². The van der Waals surface area contributed by atoms with Crippen LogP contribution in [0.25, 0.3) is 4.96 Å². The van der Waals surface area contributed by atoms with Gasteiger partial charge < -0.3 is 20.2 Å². The minimum absolute atomic E-state index is 0.0398. The number of nitrogens with zero attached hydrogens (tertiary/aromatic N) is 3. The van der Waals surface area contributed by atoms with Gasteiger partial charge in [0.1, 0.15) is 12.3 Å². The molecule has 18 heavy (non-hydrogen) atoms. The summed E-state index contributed by atoms with van der Waals surface area (Å²) in [5.41, 5.74) is 0. The fourth-order valence-electron chi connectivity index (χ4n) is 2.08. The molecular weight excluding hydrogens is 256 g/mol. The lowest BCUT2D eigenvalue weighted by Gasteiger charge is -2.22. The van der Waals surface area contributed by atoms with E-state index in [4.69, 9.17) is 4.74 Å². The second-order valence-electron chi connectivity index (χ2n) is 4.14. The Morgan fingerprint density at radius 2 is 2.56 bits per heavy atom. The lowest BCUT2D eigenvalue weighted by atomic mass is 10.1. The first-order chi connectivity index (χ1) is 8.75. The first-order valence-corrected chi connectivity index (χ1v) is 6.61. The Bertz CT molecular complexity index is 573. The van der Waals surface area contributed by atoms with Crippen LogP contribution in [0.2, 0.25) is 0 Å². The number of imidazole rings is 1. The third-order valence-electron chi connectivity index (χ3n) is 2.91. The van der Waals surface area contributed by atoms with Crippen LogP contribution in [-0.2, 0) is 0 Å². The van der Waals surface area contributed by atoms with Crippen LogP contribution in [0.3, 0.4) is 0 Å². The van der Waals surface area contributed by atoms with Gasteiger partial charge in [-0.05, 0) is 24.3 Å². The van der Waals surface area contributed by atoms with E-state index in [0.717, 1.165) is 19.4 Å². The molecule has 0 aliphatic carbocycles. The molecule has 3 heterocycles. The highest BCUT2D eigenvalue weighted by Crippen LogP contribution is 2.31. The maximum Gasteiger partial charge on any atom is 0.393 e. The maximum atomic E-state index is 11.1. The fourth-order valence-corrected chi connectivity index (χ4v) is 2.78. The average Bonchev–Trinajstić information content (AvgIpc) is 2.89. The summed E-state index contributed by atoms with van der Waals surface area (Å²) in [4.78, 5) is 15.4. The minimum Gasteiger partial charge on any atom is -0.467 e. The topological polar surface area (TPSA) is 81.7 Å². The second kappa shape index (κ2) is 4.54. The van der Waals surface area contributed by atoms with Crippen molar-refractivity contribution >= 4 is 22.1 Å². The number of thiazole rings is 1. The number of nitro groups is 1. The molecule has 1 N–H and O–H groups in total. The molecule has 3 rings (SSSR count). The predicted octanol–water partition coefficient (Wildman–Crippen LogP) is 1.43. The summed E-state index contributed by atoms with van der Waals surface area (Å²) in [5.74, 6) is 0.0392. The number of hydrogen-bond donors (Lipinski definition) is 1. The maximum absolute atomic E-state index is 11.1. The van der Waals surface area contributed by atoms with Crippen molar-refractivity contribution in [3.05, 3.63) is 21.7 Å². The molecule has 8 heteroatoms. The van der Waals surface area contributed by atoms with E-state index in [9.17, 15) is 10.1 Å². The number of aromatic nitrogens is 2. The Morgan fingerprint density at radius 1 is 1.67 bits per heavy atom. The average molecular weight is 268 g/mol. The van der Waals surface area contributed by atoms with Crippen molar-refractivity contribution in [2.45, 2.75) is 18.9 Å². The summed E-state index contributed by atoms with van der Waals surface area (Å²) >= 11 is 1.35. The number of ether oxygens (including phenoxy) is 1. The van der Waals surface area contributed by atoms with Crippen LogP contribution in [0.15, 0.2) is 11.6 Å². The third-order valence-corrected chi connectivity index (χ3v) is 3.67. The second-order valence-corrected chi connectivity index (χ2v) is 5.01. The molecule has 0 spiro atoms. The van der Waals surface area contributed by atoms with Gasteiger partial charge in [0.15, 0.2) is 0 Å².